The second-order valence-corrected chi connectivity index (χ2v) is 9.27. The molecule has 0 unspecified atom stereocenters. The molecule has 0 fully saturated rings. The third-order valence-electron chi connectivity index (χ3n) is 3.90. The molecule has 1 aliphatic heterocycles. The van der Waals surface area contributed by atoms with Gasteiger partial charge in [-0.1, -0.05) is 45.4 Å². The minimum absolute atomic E-state index is 0.244. The first-order valence-corrected chi connectivity index (χ1v) is 10.3. The van der Waals surface area contributed by atoms with Gasteiger partial charge in [0.05, 0.1) is 18.7 Å². The minimum atomic E-state index is -0.508. The zero-order valence-corrected chi connectivity index (χ0v) is 17.0. The van der Waals surface area contributed by atoms with Crippen LogP contribution >= 0.6 is 43.2 Å². The number of amides is 3. The maximum atomic E-state index is 12.3. The van der Waals surface area contributed by atoms with E-state index < -0.39 is 17.7 Å². The molecule has 7 heteroatoms. The summed E-state index contributed by atoms with van der Waals surface area (Å²) in [5.41, 5.74) is 0.611. The van der Waals surface area contributed by atoms with Crippen molar-refractivity contribution in [3.63, 3.8) is 0 Å². The Morgan fingerprint density at radius 1 is 0.913 bits per heavy atom. The molecule has 23 heavy (non-hydrogen) atoms. The lowest BCUT2D eigenvalue weighted by molar-refractivity contribution is -0.126. The van der Waals surface area contributed by atoms with Gasteiger partial charge in [-0.15, -0.1) is 11.3 Å². The molecular formula is C16H19Br2NO3S. The van der Waals surface area contributed by atoms with Crippen LogP contribution in [0.15, 0.2) is 7.57 Å². The number of unbranched alkanes of at least 4 members (excludes halogenated alkanes) is 6. The zero-order chi connectivity index (χ0) is 17.0. The van der Waals surface area contributed by atoms with E-state index in [1.54, 1.807) is 0 Å². The van der Waals surface area contributed by atoms with Crippen LogP contribution in [-0.2, 0) is 4.79 Å². The Hall–Kier alpha value is -0.530. The molecule has 2 heterocycles. The summed E-state index contributed by atoms with van der Waals surface area (Å²) in [7, 11) is 0. The molecule has 0 saturated heterocycles. The van der Waals surface area contributed by atoms with Crippen LogP contribution in [0.5, 0.6) is 0 Å². The van der Waals surface area contributed by atoms with E-state index >= 15 is 0 Å². The van der Waals surface area contributed by atoms with Crippen LogP contribution in [0.25, 0.3) is 0 Å². The van der Waals surface area contributed by atoms with Crippen LogP contribution in [0, 0.1) is 0 Å². The van der Waals surface area contributed by atoms with E-state index in [-0.39, 0.29) is 6.42 Å². The average molecular weight is 465 g/mol. The molecule has 4 nitrogen and oxygen atoms in total. The number of halogens is 2. The molecule has 1 aromatic heterocycles. The highest BCUT2D eigenvalue weighted by atomic mass is 79.9. The van der Waals surface area contributed by atoms with E-state index in [9.17, 15) is 14.4 Å². The van der Waals surface area contributed by atoms with Crippen molar-refractivity contribution in [1.82, 2.24) is 4.90 Å². The lowest BCUT2D eigenvalue weighted by Crippen LogP contribution is -2.36. The SMILES string of the molecule is CCCCCCCCCC(=O)N1C(=O)c2c(Br)sc(Br)c2C1=O. The van der Waals surface area contributed by atoms with Crippen molar-refractivity contribution in [2.45, 2.75) is 58.3 Å². The molecule has 0 N–H and O–H groups in total. The molecule has 126 valence electrons. The molecule has 0 atom stereocenters. The van der Waals surface area contributed by atoms with Crippen molar-refractivity contribution in [2.75, 3.05) is 0 Å². The minimum Gasteiger partial charge on any atom is -0.274 e. The van der Waals surface area contributed by atoms with E-state index in [0.29, 0.717) is 18.7 Å². The van der Waals surface area contributed by atoms with Gasteiger partial charge in [-0.2, -0.15) is 0 Å². The Labute approximate surface area is 156 Å². The number of hydrogen-bond donors (Lipinski definition) is 0. The van der Waals surface area contributed by atoms with Gasteiger partial charge in [-0.05, 0) is 38.3 Å². The van der Waals surface area contributed by atoms with Gasteiger partial charge in [0.2, 0.25) is 5.91 Å². The lowest BCUT2D eigenvalue weighted by atomic mass is 10.1. The third kappa shape index (κ3) is 4.12. The highest BCUT2D eigenvalue weighted by Crippen LogP contribution is 2.42. The first-order valence-electron chi connectivity index (χ1n) is 7.88. The molecule has 0 spiro atoms. The summed E-state index contributed by atoms with van der Waals surface area (Å²) in [6, 6.07) is 0. The highest BCUT2D eigenvalue weighted by molar-refractivity contribution is 9.12. The lowest BCUT2D eigenvalue weighted by Gasteiger charge is -2.12. The first kappa shape index (κ1) is 18.8. The summed E-state index contributed by atoms with van der Waals surface area (Å²) in [5, 5.41) is 0. The Kier molecular flexibility index (Phi) is 6.98. The van der Waals surface area contributed by atoms with E-state index in [1.165, 1.54) is 37.0 Å². The standard InChI is InChI=1S/C16H19Br2NO3S/c1-2-3-4-5-6-7-8-9-10(20)19-15(21)11-12(16(19)22)14(18)23-13(11)17/h2-9H2,1H3. The molecule has 1 aliphatic rings. The smallest absolute Gasteiger partial charge is 0.270 e. The van der Waals surface area contributed by atoms with E-state index in [4.69, 9.17) is 0 Å². The summed E-state index contributed by atoms with van der Waals surface area (Å²) >= 11 is 7.85. The van der Waals surface area contributed by atoms with Gasteiger partial charge in [0.15, 0.2) is 0 Å². The number of imide groups is 3. The van der Waals surface area contributed by atoms with Crippen LogP contribution in [0.3, 0.4) is 0 Å². The number of nitrogens with zero attached hydrogens (tertiary/aromatic N) is 1. The Morgan fingerprint density at radius 2 is 1.39 bits per heavy atom. The van der Waals surface area contributed by atoms with E-state index in [1.807, 2.05) is 0 Å². The normalized spacial score (nSPS) is 13.8. The maximum absolute atomic E-state index is 12.3. The molecule has 3 amide bonds. The Balaban J connectivity index is 1.86. The van der Waals surface area contributed by atoms with Gasteiger partial charge < -0.3 is 0 Å². The monoisotopic (exact) mass is 463 g/mol. The number of hydrogen-bond acceptors (Lipinski definition) is 4. The van der Waals surface area contributed by atoms with E-state index in [0.717, 1.165) is 24.2 Å². The van der Waals surface area contributed by atoms with Crippen LogP contribution in [-0.4, -0.2) is 22.6 Å². The second kappa shape index (κ2) is 8.53. The number of fused-ring (bicyclic) bond motifs is 1. The van der Waals surface area contributed by atoms with Crippen molar-refractivity contribution >= 4 is 60.9 Å². The summed E-state index contributed by atoms with van der Waals surface area (Å²) in [5.74, 6) is -1.41. The quantitative estimate of drug-likeness (QED) is 0.375. The highest BCUT2D eigenvalue weighted by Gasteiger charge is 2.43. The number of thiophene rings is 1. The Morgan fingerprint density at radius 3 is 1.91 bits per heavy atom. The summed E-state index contributed by atoms with van der Waals surface area (Å²) in [4.78, 5) is 37.7. The maximum Gasteiger partial charge on any atom is 0.270 e. The molecule has 0 aliphatic carbocycles. The fourth-order valence-electron chi connectivity index (χ4n) is 2.65. The van der Waals surface area contributed by atoms with Crippen molar-refractivity contribution in [3.05, 3.63) is 18.7 Å². The topological polar surface area (TPSA) is 54.5 Å². The van der Waals surface area contributed by atoms with Gasteiger partial charge in [0.1, 0.15) is 0 Å². The number of rotatable bonds is 8. The summed E-state index contributed by atoms with van der Waals surface area (Å²) in [6.07, 6.45) is 7.90. The Bertz CT molecular complexity index is 591. The predicted octanol–water partition coefficient (Wildman–Crippen LogP) is 5.54. The summed E-state index contributed by atoms with van der Waals surface area (Å²) < 4.78 is 1.17. The largest absolute Gasteiger partial charge is 0.274 e. The van der Waals surface area contributed by atoms with Gasteiger partial charge in [0.25, 0.3) is 11.8 Å². The van der Waals surface area contributed by atoms with Gasteiger partial charge in [-0.25, -0.2) is 4.90 Å². The second-order valence-electron chi connectivity index (χ2n) is 5.61. The predicted molar refractivity (Wildman–Crippen MR) is 97.8 cm³/mol. The number of carbonyl (C=O) groups is 3. The van der Waals surface area contributed by atoms with Crippen LogP contribution < -0.4 is 0 Å². The van der Waals surface area contributed by atoms with Crippen LogP contribution in [0.4, 0.5) is 0 Å². The van der Waals surface area contributed by atoms with Gasteiger partial charge >= 0.3 is 0 Å². The van der Waals surface area contributed by atoms with Gasteiger partial charge in [-0.3, -0.25) is 14.4 Å². The van der Waals surface area contributed by atoms with Crippen molar-refractivity contribution < 1.29 is 14.4 Å². The molecule has 0 radical (unpaired) electrons. The fourth-order valence-corrected chi connectivity index (χ4v) is 5.75. The number of carbonyl (C=O) groups excluding carboxylic acids is 3. The molecule has 1 aromatic rings. The van der Waals surface area contributed by atoms with E-state index in [2.05, 4.69) is 38.8 Å². The average Bonchev–Trinajstić information content (AvgIpc) is 2.94. The summed E-state index contributed by atoms with van der Waals surface area (Å²) in [6.45, 7) is 2.18. The van der Waals surface area contributed by atoms with Crippen LogP contribution in [0.2, 0.25) is 0 Å². The van der Waals surface area contributed by atoms with Crippen molar-refractivity contribution in [1.29, 1.82) is 0 Å². The third-order valence-corrected chi connectivity index (χ3v) is 6.43. The zero-order valence-electron chi connectivity index (χ0n) is 13.0. The molecule has 0 saturated carbocycles. The fraction of sp³-hybridized carbons (Fsp3) is 0.562. The molecular weight excluding hydrogens is 446 g/mol. The van der Waals surface area contributed by atoms with Crippen molar-refractivity contribution in [2.24, 2.45) is 0 Å². The van der Waals surface area contributed by atoms with Crippen LogP contribution in [0.1, 0.15) is 79.0 Å². The van der Waals surface area contributed by atoms with Crippen molar-refractivity contribution in [3.8, 4) is 0 Å². The first-order chi connectivity index (χ1) is 11.0. The molecule has 0 bridgehead atoms. The molecule has 2 rings (SSSR count). The van der Waals surface area contributed by atoms with Gasteiger partial charge in [0, 0.05) is 6.42 Å². The molecule has 0 aromatic carbocycles.